The number of nitrogens with one attached hydrogen (secondary N) is 1. The summed E-state index contributed by atoms with van der Waals surface area (Å²) in [6.07, 6.45) is 4.04. The molecule has 1 atom stereocenters. The minimum absolute atomic E-state index is 0.0583. The number of amides is 3. The van der Waals surface area contributed by atoms with Gasteiger partial charge in [-0.1, -0.05) is 18.3 Å². The molecule has 2 aliphatic rings. The molecule has 0 aromatic carbocycles. The molecule has 0 saturated carbocycles. The van der Waals surface area contributed by atoms with E-state index in [-0.39, 0.29) is 38.6 Å². The predicted molar refractivity (Wildman–Crippen MR) is 113 cm³/mol. The van der Waals surface area contributed by atoms with E-state index in [1.807, 2.05) is 0 Å². The summed E-state index contributed by atoms with van der Waals surface area (Å²) >= 11 is 0. The van der Waals surface area contributed by atoms with Gasteiger partial charge in [0, 0.05) is 25.8 Å². The van der Waals surface area contributed by atoms with Gasteiger partial charge in [0.2, 0.25) is 0 Å². The van der Waals surface area contributed by atoms with Crippen molar-refractivity contribution < 1.29 is 43.0 Å². The molecule has 1 unspecified atom stereocenters. The van der Waals surface area contributed by atoms with Crippen molar-refractivity contribution in [2.24, 2.45) is 0 Å². The monoisotopic (exact) mass is 468 g/mol. The Morgan fingerprint density at radius 3 is 2.30 bits per heavy atom. The summed E-state index contributed by atoms with van der Waals surface area (Å²) in [5, 5.41) is 3.15. The summed E-state index contributed by atoms with van der Waals surface area (Å²) in [6.45, 7) is 2.04. The van der Waals surface area contributed by atoms with E-state index in [4.69, 9.17) is 23.8 Å². The number of carbonyl (C=O) groups is 4. The fourth-order valence-electron chi connectivity index (χ4n) is 2.97. The van der Waals surface area contributed by atoms with Gasteiger partial charge in [0.25, 0.3) is 11.8 Å². The van der Waals surface area contributed by atoms with E-state index in [1.54, 1.807) is 0 Å². The molecule has 0 spiro atoms. The van der Waals surface area contributed by atoms with Crippen LogP contribution in [0.3, 0.4) is 0 Å². The van der Waals surface area contributed by atoms with Crippen LogP contribution in [-0.4, -0.2) is 81.2 Å². The third kappa shape index (κ3) is 11.7. The largest absolute Gasteiger partial charge is 0.433 e. The zero-order valence-electron chi connectivity index (χ0n) is 18.8. The summed E-state index contributed by atoms with van der Waals surface area (Å²) in [5.41, 5.74) is 0. The molecule has 1 saturated heterocycles. The summed E-state index contributed by atoms with van der Waals surface area (Å²) in [4.78, 5) is 50.8. The Bertz CT molecular complexity index is 700. The van der Waals surface area contributed by atoms with Gasteiger partial charge in [0.05, 0.1) is 46.1 Å². The van der Waals surface area contributed by atoms with Gasteiger partial charge in [-0.3, -0.25) is 9.59 Å². The number of hydrogen-bond acceptors (Lipinski definition) is 9. The van der Waals surface area contributed by atoms with E-state index < -0.39 is 23.9 Å². The van der Waals surface area contributed by atoms with Crippen molar-refractivity contribution in [2.75, 3.05) is 46.2 Å². The van der Waals surface area contributed by atoms with Crippen molar-refractivity contribution >= 4 is 23.9 Å². The maximum atomic E-state index is 11.8. The standard InChI is InChI=1S/C22H32N2O9/c25-19-8-9-20(26)24(19)33-21(27)10-12-29-14-16-31-17-15-30-13-11-23-22(28)32-18-6-4-2-1-3-5-7-18/h18H,1-4,6,8-17H2,(H,23,28). The first-order valence-corrected chi connectivity index (χ1v) is 11.3. The normalized spacial score (nSPS) is 18.2. The highest BCUT2D eigenvalue weighted by Gasteiger charge is 2.32. The lowest BCUT2D eigenvalue weighted by atomic mass is 10.1. The van der Waals surface area contributed by atoms with E-state index in [9.17, 15) is 19.2 Å². The molecule has 3 amide bonds. The van der Waals surface area contributed by atoms with Crippen molar-refractivity contribution in [1.82, 2.24) is 10.4 Å². The minimum atomic E-state index is -0.706. The number of alkyl carbamates (subject to hydrolysis) is 1. The molecule has 33 heavy (non-hydrogen) atoms. The Morgan fingerprint density at radius 2 is 1.58 bits per heavy atom. The molecule has 1 aliphatic heterocycles. The third-order valence-electron chi connectivity index (χ3n) is 4.69. The molecule has 11 nitrogen and oxygen atoms in total. The number of nitrogens with zero attached hydrogens (tertiary/aromatic N) is 1. The third-order valence-corrected chi connectivity index (χ3v) is 4.69. The maximum Gasteiger partial charge on any atom is 0.408 e. The van der Waals surface area contributed by atoms with Gasteiger partial charge < -0.3 is 29.1 Å². The lowest BCUT2D eigenvalue weighted by Gasteiger charge is -2.14. The van der Waals surface area contributed by atoms with E-state index >= 15 is 0 Å². The zero-order valence-corrected chi connectivity index (χ0v) is 18.8. The van der Waals surface area contributed by atoms with Gasteiger partial charge in [-0.15, -0.1) is 5.06 Å². The fourth-order valence-corrected chi connectivity index (χ4v) is 2.97. The molecule has 0 radical (unpaired) electrons. The van der Waals surface area contributed by atoms with Crippen molar-refractivity contribution in [3.05, 3.63) is 0 Å². The lowest BCUT2D eigenvalue weighted by molar-refractivity contribution is -0.198. The van der Waals surface area contributed by atoms with Crippen molar-refractivity contribution in [3.63, 3.8) is 0 Å². The second-order valence-corrected chi connectivity index (χ2v) is 7.37. The van der Waals surface area contributed by atoms with Crippen LogP contribution in [0, 0.1) is 11.8 Å². The Labute approximate surface area is 193 Å². The van der Waals surface area contributed by atoms with Gasteiger partial charge >= 0.3 is 12.1 Å². The maximum absolute atomic E-state index is 11.8. The summed E-state index contributed by atoms with van der Waals surface area (Å²) < 4.78 is 21.2. The van der Waals surface area contributed by atoms with E-state index in [2.05, 4.69) is 17.2 Å². The lowest BCUT2D eigenvalue weighted by Crippen LogP contribution is -2.32. The van der Waals surface area contributed by atoms with E-state index in [0.717, 1.165) is 32.1 Å². The van der Waals surface area contributed by atoms with Crippen LogP contribution in [0.15, 0.2) is 0 Å². The Hall–Kier alpha value is -2.68. The topological polar surface area (TPSA) is 130 Å². The summed E-state index contributed by atoms with van der Waals surface area (Å²) in [5.74, 6) is 4.27. The Morgan fingerprint density at radius 1 is 0.909 bits per heavy atom. The van der Waals surface area contributed by atoms with Crippen molar-refractivity contribution in [3.8, 4) is 11.8 Å². The number of rotatable bonds is 14. The molecule has 1 aliphatic carbocycles. The molecule has 1 heterocycles. The molecule has 2 rings (SSSR count). The minimum Gasteiger partial charge on any atom is -0.433 e. The van der Waals surface area contributed by atoms with Gasteiger partial charge in [-0.25, -0.2) is 9.59 Å². The predicted octanol–water partition coefficient (Wildman–Crippen LogP) is 1.10. The first-order chi connectivity index (χ1) is 16.1. The molecule has 0 bridgehead atoms. The van der Waals surface area contributed by atoms with Gasteiger partial charge in [-0.05, 0) is 19.3 Å². The van der Waals surface area contributed by atoms with Crippen LogP contribution >= 0.6 is 0 Å². The zero-order chi connectivity index (χ0) is 23.7. The van der Waals surface area contributed by atoms with Gasteiger partial charge in [0.15, 0.2) is 6.10 Å². The summed E-state index contributed by atoms with van der Waals surface area (Å²) in [7, 11) is 0. The Kier molecular flexibility index (Phi) is 12.9. The smallest absolute Gasteiger partial charge is 0.408 e. The van der Waals surface area contributed by atoms with Crippen LogP contribution in [-0.2, 0) is 38.2 Å². The number of carbonyl (C=O) groups excluding carboxylic acids is 4. The molecular weight excluding hydrogens is 436 g/mol. The number of hydroxylamine groups is 2. The van der Waals surface area contributed by atoms with Crippen molar-refractivity contribution in [1.29, 1.82) is 0 Å². The van der Waals surface area contributed by atoms with Crippen LogP contribution in [0.4, 0.5) is 4.79 Å². The first-order valence-electron chi connectivity index (χ1n) is 11.3. The molecule has 11 heteroatoms. The summed E-state index contributed by atoms with van der Waals surface area (Å²) in [6, 6.07) is 0. The highest BCUT2D eigenvalue weighted by Crippen LogP contribution is 2.12. The Balaban J connectivity index is 1.35. The molecular formula is C22H32N2O9. The van der Waals surface area contributed by atoms with Gasteiger partial charge in [-0.2, -0.15) is 0 Å². The van der Waals surface area contributed by atoms with Crippen molar-refractivity contribution in [2.45, 2.75) is 57.5 Å². The highest BCUT2D eigenvalue weighted by molar-refractivity contribution is 6.01. The highest BCUT2D eigenvalue weighted by atomic mass is 16.7. The molecule has 0 aromatic rings. The van der Waals surface area contributed by atoms with Crippen LogP contribution < -0.4 is 5.32 Å². The molecule has 0 aromatic heterocycles. The first kappa shape index (κ1) is 26.6. The number of imide groups is 1. The molecule has 184 valence electrons. The average Bonchev–Trinajstić information content (AvgIpc) is 3.08. The quantitative estimate of drug-likeness (QED) is 0.226. The van der Waals surface area contributed by atoms with E-state index in [1.165, 1.54) is 0 Å². The molecule has 1 N–H and O–H groups in total. The average molecular weight is 469 g/mol. The fraction of sp³-hybridized carbons (Fsp3) is 0.727. The van der Waals surface area contributed by atoms with E-state index in [0.29, 0.717) is 38.0 Å². The molecule has 1 fully saturated rings. The number of hydrogen-bond donors (Lipinski definition) is 1. The number of ether oxygens (including phenoxy) is 4. The van der Waals surface area contributed by atoms with Crippen LogP contribution in [0.2, 0.25) is 0 Å². The van der Waals surface area contributed by atoms with Crippen LogP contribution in [0.5, 0.6) is 0 Å². The second kappa shape index (κ2) is 16.0. The van der Waals surface area contributed by atoms with Gasteiger partial charge in [0.1, 0.15) is 0 Å². The second-order valence-electron chi connectivity index (χ2n) is 7.37. The SMILES string of the molecule is O=C(CCOCCOCCOCCNC(=O)OC1C#CCCCCC1)ON1C(=O)CCC1=O. The van der Waals surface area contributed by atoms with Crippen LogP contribution in [0.1, 0.15) is 51.4 Å². The van der Waals surface area contributed by atoms with Crippen LogP contribution in [0.25, 0.3) is 0 Å².